The van der Waals surface area contributed by atoms with E-state index in [1.165, 1.54) is 20.8 Å². The zero-order chi connectivity index (χ0) is 53.6. The first-order valence-corrected chi connectivity index (χ1v) is 24.4. The summed E-state index contributed by atoms with van der Waals surface area (Å²) < 4.78 is 18.9. The smallest absolute Gasteiger partial charge is 0.221 e. The summed E-state index contributed by atoms with van der Waals surface area (Å²) in [6.07, 6.45) is 0. The molecule has 9 aromatic rings. The predicted octanol–water partition coefficient (Wildman–Crippen LogP) is 17.5. The minimum atomic E-state index is -0.639. The van der Waals surface area contributed by atoms with E-state index in [9.17, 15) is 14.4 Å². The lowest BCUT2D eigenvalue weighted by molar-refractivity contribution is -0.115. The Hall–Kier alpha value is -10.4. The summed E-state index contributed by atoms with van der Waals surface area (Å²) in [5, 5.41) is 34.2. The number of ether oxygens (including phenoxy) is 3. The number of hydrogen-bond donors (Lipinski definition) is 3. The van der Waals surface area contributed by atoms with Gasteiger partial charge in [-0.15, -0.1) is 0 Å². The Balaban J connectivity index is 0.896. The van der Waals surface area contributed by atoms with Crippen molar-refractivity contribution in [2.24, 2.45) is 30.7 Å². The number of azo groups is 3. The topological polar surface area (TPSA) is 189 Å². The number of nitrogens with zero attached hydrogens (tertiary/aromatic N) is 6. The molecule has 0 heterocycles. The second kappa shape index (κ2) is 24.1. The van der Waals surface area contributed by atoms with Crippen LogP contribution in [-0.4, -0.2) is 17.7 Å². The number of anilines is 3. The third-order valence-electron chi connectivity index (χ3n) is 11.9. The standard InChI is InChI=1S/C62H51N9O6/c1-41(72)63-47-11-17-50(18-12-47)66-69-53-23-35-59(36-24-53)75-56-29-5-44(6-30-56)62(4,45-7-31-57(32-8-45)76-60-37-25-54(26-38-60)70-67-51-19-13-48(14-20-51)64-42(2)73)46-9-33-58(34-10-46)77-61-39-27-55(28-40-61)71-68-52-21-15-49(16-22-52)65-43(3)74/h5-40H,1-4H3,(H,63,72)(H,64,73)(H,65,74)/b69-66+,70-67+,71-68+. The Kier molecular flexibility index (Phi) is 16.1. The number of rotatable bonds is 18. The highest BCUT2D eigenvalue weighted by Crippen LogP contribution is 2.42. The van der Waals surface area contributed by atoms with Crippen LogP contribution in [0.25, 0.3) is 0 Å². The normalized spacial score (nSPS) is 11.4. The van der Waals surface area contributed by atoms with Crippen molar-refractivity contribution in [3.05, 3.63) is 235 Å². The second-order valence-corrected chi connectivity index (χ2v) is 17.8. The maximum Gasteiger partial charge on any atom is 0.221 e. The molecule has 0 fully saturated rings. The van der Waals surface area contributed by atoms with Crippen LogP contribution in [0.1, 0.15) is 44.4 Å². The van der Waals surface area contributed by atoms with Gasteiger partial charge in [-0.3, -0.25) is 14.4 Å². The predicted molar refractivity (Wildman–Crippen MR) is 299 cm³/mol. The monoisotopic (exact) mass is 1020 g/mol. The van der Waals surface area contributed by atoms with Crippen molar-refractivity contribution in [3.8, 4) is 34.5 Å². The fourth-order valence-corrected chi connectivity index (χ4v) is 8.01. The quantitative estimate of drug-likeness (QED) is 0.0566. The van der Waals surface area contributed by atoms with Gasteiger partial charge in [0, 0.05) is 43.2 Å². The molecule has 0 aliphatic heterocycles. The van der Waals surface area contributed by atoms with Gasteiger partial charge in [0.05, 0.1) is 34.1 Å². The van der Waals surface area contributed by atoms with E-state index >= 15 is 0 Å². The van der Waals surface area contributed by atoms with Crippen molar-refractivity contribution < 1.29 is 28.6 Å². The van der Waals surface area contributed by atoms with Crippen LogP contribution in [0.15, 0.2) is 249 Å². The van der Waals surface area contributed by atoms with Gasteiger partial charge in [-0.05, 0) is 206 Å². The summed E-state index contributed by atoms with van der Waals surface area (Å²) in [6, 6.07) is 67.6. The van der Waals surface area contributed by atoms with Gasteiger partial charge in [0.25, 0.3) is 0 Å². The lowest BCUT2D eigenvalue weighted by Crippen LogP contribution is -2.25. The van der Waals surface area contributed by atoms with E-state index < -0.39 is 5.41 Å². The largest absolute Gasteiger partial charge is 0.457 e. The van der Waals surface area contributed by atoms with Crippen molar-refractivity contribution in [1.82, 2.24) is 0 Å². The molecule has 0 bridgehead atoms. The van der Waals surface area contributed by atoms with Crippen LogP contribution in [0.2, 0.25) is 0 Å². The molecule has 380 valence electrons. The molecule has 15 nitrogen and oxygen atoms in total. The van der Waals surface area contributed by atoms with Gasteiger partial charge in [0.2, 0.25) is 17.7 Å². The number of hydrogen-bond acceptors (Lipinski definition) is 12. The Morgan fingerprint density at radius 2 is 0.455 bits per heavy atom. The van der Waals surface area contributed by atoms with Gasteiger partial charge >= 0.3 is 0 Å². The van der Waals surface area contributed by atoms with Gasteiger partial charge in [0.15, 0.2) is 0 Å². The Morgan fingerprint density at radius 1 is 0.286 bits per heavy atom. The van der Waals surface area contributed by atoms with Gasteiger partial charge in [0.1, 0.15) is 34.5 Å². The zero-order valence-corrected chi connectivity index (χ0v) is 42.4. The number of benzene rings is 9. The van der Waals surface area contributed by atoms with Crippen LogP contribution in [-0.2, 0) is 19.8 Å². The Bertz CT molecular complexity index is 3170. The first-order chi connectivity index (χ1) is 37.4. The van der Waals surface area contributed by atoms with E-state index in [0.717, 1.165) is 16.7 Å². The van der Waals surface area contributed by atoms with E-state index in [2.05, 4.69) is 90.0 Å². The molecule has 3 N–H and O–H groups in total. The highest BCUT2D eigenvalue weighted by molar-refractivity contribution is 5.90. The van der Waals surface area contributed by atoms with Gasteiger partial charge in [-0.2, -0.15) is 30.7 Å². The summed E-state index contributed by atoms with van der Waals surface area (Å²) in [7, 11) is 0. The van der Waals surface area contributed by atoms with Crippen LogP contribution < -0.4 is 30.2 Å². The number of amides is 3. The highest BCUT2D eigenvalue weighted by atomic mass is 16.5. The van der Waals surface area contributed by atoms with Crippen LogP contribution >= 0.6 is 0 Å². The van der Waals surface area contributed by atoms with Gasteiger partial charge in [-0.25, -0.2) is 0 Å². The average Bonchev–Trinajstić information content (AvgIpc) is 3.46. The van der Waals surface area contributed by atoms with Crippen LogP contribution in [0.4, 0.5) is 51.2 Å². The van der Waals surface area contributed by atoms with E-state index in [1.807, 2.05) is 109 Å². The van der Waals surface area contributed by atoms with Crippen LogP contribution in [0, 0.1) is 0 Å². The molecule has 0 aromatic heterocycles. The van der Waals surface area contributed by atoms with E-state index in [4.69, 9.17) is 14.2 Å². The molecule has 0 spiro atoms. The van der Waals surface area contributed by atoms with E-state index in [-0.39, 0.29) is 17.7 Å². The van der Waals surface area contributed by atoms with Crippen LogP contribution in [0.3, 0.4) is 0 Å². The van der Waals surface area contributed by atoms with Crippen molar-refractivity contribution in [2.75, 3.05) is 16.0 Å². The van der Waals surface area contributed by atoms with Gasteiger partial charge < -0.3 is 30.2 Å². The first kappa shape index (κ1) is 51.5. The molecule has 0 aliphatic carbocycles. The Morgan fingerprint density at radius 3 is 0.636 bits per heavy atom. The molecule has 0 saturated heterocycles. The third kappa shape index (κ3) is 14.2. The number of carbonyl (C=O) groups is 3. The van der Waals surface area contributed by atoms with E-state index in [0.29, 0.717) is 85.7 Å². The number of nitrogens with one attached hydrogen (secondary N) is 3. The first-order valence-electron chi connectivity index (χ1n) is 24.4. The van der Waals surface area contributed by atoms with Crippen molar-refractivity contribution in [3.63, 3.8) is 0 Å². The Labute approximate surface area is 445 Å². The summed E-state index contributed by atoms with van der Waals surface area (Å²) >= 11 is 0. The third-order valence-corrected chi connectivity index (χ3v) is 11.9. The molecular weight excluding hydrogens is 967 g/mol. The average molecular weight is 1020 g/mol. The minimum absolute atomic E-state index is 0.140. The molecule has 0 aliphatic rings. The molecule has 9 aromatic carbocycles. The van der Waals surface area contributed by atoms with Crippen molar-refractivity contribution in [1.29, 1.82) is 0 Å². The molecular formula is C62H51N9O6. The maximum absolute atomic E-state index is 11.4. The summed E-state index contributed by atoms with van der Waals surface area (Å²) in [5.74, 6) is 3.48. The lowest BCUT2D eigenvalue weighted by atomic mass is 9.71. The molecule has 9 rings (SSSR count). The summed E-state index contributed by atoms with van der Waals surface area (Å²) in [4.78, 5) is 34.1. The highest BCUT2D eigenvalue weighted by Gasteiger charge is 2.31. The summed E-state index contributed by atoms with van der Waals surface area (Å²) in [6.45, 7) is 6.58. The fourth-order valence-electron chi connectivity index (χ4n) is 8.01. The SMILES string of the molecule is CC(=O)Nc1ccc(/N=N/c2ccc(Oc3ccc(C(C)(c4ccc(Oc5ccc(/N=N/c6ccc(NC(C)=O)cc6)cc5)cc4)c4ccc(Oc5ccc(/N=N/c6ccc(NC(C)=O)cc6)cc5)cc4)cc3)cc2)cc1. The second-order valence-electron chi connectivity index (χ2n) is 17.8. The maximum atomic E-state index is 11.4. The molecule has 77 heavy (non-hydrogen) atoms. The van der Waals surface area contributed by atoms with Gasteiger partial charge in [-0.1, -0.05) is 36.4 Å². The fraction of sp³-hybridized carbons (Fsp3) is 0.0806. The molecule has 0 atom stereocenters. The van der Waals surface area contributed by atoms with Crippen molar-refractivity contribution in [2.45, 2.75) is 33.1 Å². The van der Waals surface area contributed by atoms with Crippen molar-refractivity contribution >= 4 is 68.9 Å². The number of carbonyl (C=O) groups excluding carboxylic acids is 3. The minimum Gasteiger partial charge on any atom is -0.457 e. The molecule has 0 unspecified atom stereocenters. The summed E-state index contributed by atoms with van der Waals surface area (Å²) in [5.41, 5.74) is 8.43. The van der Waals surface area contributed by atoms with E-state index in [1.54, 1.807) is 72.8 Å². The molecule has 15 heteroatoms. The van der Waals surface area contributed by atoms with Crippen LogP contribution in [0.5, 0.6) is 34.5 Å². The zero-order valence-electron chi connectivity index (χ0n) is 42.4. The molecule has 3 amide bonds. The molecule has 0 radical (unpaired) electrons. The lowest BCUT2D eigenvalue weighted by Gasteiger charge is -2.32. The molecule has 0 saturated carbocycles.